The Hall–Kier alpha value is -2.12. The van der Waals surface area contributed by atoms with E-state index in [1.807, 2.05) is 0 Å². The van der Waals surface area contributed by atoms with E-state index in [1.54, 1.807) is 6.07 Å². The fourth-order valence-corrected chi connectivity index (χ4v) is 1.65. The molecule has 0 aliphatic heterocycles. The molecule has 0 saturated carbocycles. The molecule has 90 valence electrons. The highest BCUT2D eigenvalue weighted by atomic mass is 35.5. The van der Waals surface area contributed by atoms with E-state index in [0.29, 0.717) is 5.02 Å². The zero-order valence-electron chi connectivity index (χ0n) is 9.05. The Labute approximate surface area is 107 Å². The molecule has 5 heteroatoms. The minimum absolute atomic E-state index is 0.0876. The largest absolute Gasteiger partial charge is 0.352 e. The lowest BCUT2D eigenvalue weighted by Crippen LogP contribution is -1.98. The fraction of sp³-hybridized carbons (Fsp3) is 0. The molecule has 2 aromatic rings. The smallest absolute Gasteiger partial charge is 0.146 e. The summed E-state index contributed by atoms with van der Waals surface area (Å²) >= 11 is 5.74. The van der Waals surface area contributed by atoms with Crippen molar-refractivity contribution in [2.45, 2.75) is 0 Å². The number of hydrogen-bond donors (Lipinski definition) is 1. The maximum atomic E-state index is 13.5. The zero-order chi connectivity index (χ0) is 13.1. The lowest BCUT2D eigenvalue weighted by atomic mass is 10.1. The molecule has 0 radical (unpaired) electrons. The fourth-order valence-electron chi connectivity index (χ4n) is 1.48. The lowest BCUT2D eigenvalue weighted by molar-refractivity contribution is 0.623. The molecule has 0 unspecified atom stereocenters. The highest BCUT2D eigenvalue weighted by Crippen LogP contribution is 2.26. The van der Waals surface area contributed by atoms with Gasteiger partial charge in [0.15, 0.2) is 0 Å². The van der Waals surface area contributed by atoms with Gasteiger partial charge in [-0.15, -0.1) is 0 Å². The van der Waals surface area contributed by atoms with Crippen molar-refractivity contribution < 1.29 is 8.78 Å². The van der Waals surface area contributed by atoms with E-state index in [4.69, 9.17) is 16.9 Å². The van der Waals surface area contributed by atoms with Gasteiger partial charge in [-0.05, 0) is 30.3 Å². The van der Waals surface area contributed by atoms with Crippen LogP contribution in [0.1, 0.15) is 5.56 Å². The van der Waals surface area contributed by atoms with Gasteiger partial charge in [-0.1, -0.05) is 17.7 Å². The predicted molar refractivity (Wildman–Crippen MR) is 65.8 cm³/mol. The topological polar surface area (TPSA) is 35.8 Å². The van der Waals surface area contributed by atoms with Gasteiger partial charge in [0.05, 0.1) is 11.4 Å². The summed E-state index contributed by atoms with van der Waals surface area (Å²) in [7, 11) is 0. The summed E-state index contributed by atoms with van der Waals surface area (Å²) in [5.41, 5.74) is 0.111. The van der Waals surface area contributed by atoms with Crippen LogP contribution >= 0.6 is 11.6 Å². The van der Waals surface area contributed by atoms with Gasteiger partial charge in [0.2, 0.25) is 0 Å². The standard InChI is InChI=1S/C13H7ClF2N2/c14-8-4-5-11(16)13(6-8)18-12-3-1-2-10(15)9(12)7-17/h1-6,18H. The molecule has 0 fully saturated rings. The average molecular weight is 265 g/mol. The first-order chi connectivity index (χ1) is 8.61. The van der Waals surface area contributed by atoms with E-state index >= 15 is 0 Å². The van der Waals surface area contributed by atoms with Gasteiger partial charge in [-0.3, -0.25) is 0 Å². The first-order valence-electron chi connectivity index (χ1n) is 5.02. The molecular weight excluding hydrogens is 258 g/mol. The number of nitriles is 1. The first kappa shape index (κ1) is 12.3. The minimum Gasteiger partial charge on any atom is -0.352 e. The monoisotopic (exact) mass is 264 g/mol. The molecule has 0 bridgehead atoms. The van der Waals surface area contributed by atoms with Gasteiger partial charge in [0.1, 0.15) is 23.3 Å². The first-order valence-corrected chi connectivity index (χ1v) is 5.40. The van der Waals surface area contributed by atoms with Crippen LogP contribution in [0, 0.1) is 23.0 Å². The number of halogens is 3. The van der Waals surface area contributed by atoms with E-state index in [9.17, 15) is 8.78 Å². The Morgan fingerprint density at radius 1 is 1.06 bits per heavy atom. The Morgan fingerprint density at radius 3 is 2.56 bits per heavy atom. The third-order valence-corrected chi connectivity index (χ3v) is 2.56. The Bertz CT molecular complexity index is 635. The second-order valence-electron chi connectivity index (χ2n) is 3.52. The van der Waals surface area contributed by atoms with E-state index in [1.165, 1.54) is 30.3 Å². The number of nitrogens with one attached hydrogen (secondary N) is 1. The second-order valence-corrected chi connectivity index (χ2v) is 3.96. The highest BCUT2D eigenvalue weighted by Gasteiger charge is 2.10. The normalized spacial score (nSPS) is 9.89. The lowest BCUT2D eigenvalue weighted by Gasteiger charge is -2.09. The van der Waals surface area contributed by atoms with Crippen molar-refractivity contribution in [2.24, 2.45) is 0 Å². The van der Waals surface area contributed by atoms with Crippen molar-refractivity contribution in [2.75, 3.05) is 5.32 Å². The molecule has 18 heavy (non-hydrogen) atoms. The molecule has 2 rings (SSSR count). The molecule has 0 aliphatic rings. The third-order valence-electron chi connectivity index (χ3n) is 2.32. The molecule has 1 N–H and O–H groups in total. The summed E-state index contributed by atoms with van der Waals surface area (Å²) in [6.45, 7) is 0. The zero-order valence-corrected chi connectivity index (χ0v) is 9.80. The number of hydrogen-bond acceptors (Lipinski definition) is 2. The van der Waals surface area contributed by atoms with Crippen LogP contribution < -0.4 is 5.32 Å². The predicted octanol–water partition coefficient (Wildman–Crippen LogP) is 4.23. The van der Waals surface area contributed by atoms with Crippen LogP contribution in [0.3, 0.4) is 0 Å². The average Bonchev–Trinajstić information content (AvgIpc) is 2.34. The number of rotatable bonds is 2. The van der Waals surface area contributed by atoms with Gasteiger partial charge in [-0.2, -0.15) is 5.26 Å². The Kier molecular flexibility index (Phi) is 3.45. The van der Waals surface area contributed by atoms with Crippen molar-refractivity contribution in [3.8, 4) is 6.07 Å². The van der Waals surface area contributed by atoms with Crippen molar-refractivity contribution in [1.29, 1.82) is 5.26 Å². The number of benzene rings is 2. The maximum absolute atomic E-state index is 13.5. The molecule has 0 spiro atoms. The van der Waals surface area contributed by atoms with E-state index < -0.39 is 11.6 Å². The van der Waals surface area contributed by atoms with Gasteiger partial charge in [0.25, 0.3) is 0 Å². The van der Waals surface area contributed by atoms with Gasteiger partial charge >= 0.3 is 0 Å². The van der Waals surface area contributed by atoms with Crippen molar-refractivity contribution in [3.63, 3.8) is 0 Å². The van der Waals surface area contributed by atoms with Crippen LogP contribution in [-0.2, 0) is 0 Å². The van der Waals surface area contributed by atoms with Crippen molar-refractivity contribution in [3.05, 3.63) is 58.6 Å². The molecule has 0 heterocycles. The van der Waals surface area contributed by atoms with Gasteiger partial charge < -0.3 is 5.32 Å². The molecule has 2 aromatic carbocycles. The molecule has 0 amide bonds. The van der Waals surface area contributed by atoms with Crippen LogP contribution in [0.5, 0.6) is 0 Å². The number of nitrogens with zero attached hydrogens (tertiary/aromatic N) is 1. The van der Waals surface area contributed by atoms with E-state index in [2.05, 4.69) is 5.32 Å². The molecule has 0 atom stereocenters. The van der Waals surface area contributed by atoms with E-state index in [0.717, 1.165) is 6.07 Å². The maximum Gasteiger partial charge on any atom is 0.146 e. The Balaban J connectivity index is 2.44. The van der Waals surface area contributed by atoms with Crippen LogP contribution in [0.15, 0.2) is 36.4 Å². The van der Waals surface area contributed by atoms with E-state index in [-0.39, 0.29) is 16.9 Å². The summed E-state index contributed by atoms with van der Waals surface area (Å²) < 4.78 is 26.8. The van der Waals surface area contributed by atoms with Crippen LogP contribution in [0.25, 0.3) is 0 Å². The van der Waals surface area contributed by atoms with Crippen molar-refractivity contribution >= 4 is 23.0 Å². The van der Waals surface area contributed by atoms with Gasteiger partial charge in [-0.25, -0.2) is 8.78 Å². The quantitative estimate of drug-likeness (QED) is 0.881. The van der Waals surface area contributed by atoms with Crippen molar-refractivity contribution in [1.82, 2.24) is 0 Å². The van der Waals surface area contributed by atoms with Crippen LogP contribution in [-0.4, -0.2) is 0 Å². The molecule has 0 saturated heterocycles. The molecule has 0 aliphatic carbocycles. The highest BCUT2D eigenvalue weighted by molar-refractivity contribution is 6.30. The SMILES string of the molecule is N#Cc1c(F)cccc1Nc1cc(Cl)ccc1F. The summed E-state index contributed by atoms with van der Waals surface area (Å²) in [6.07, 6.45) is 0. The third kappa shape index (κ3) is 2.41. The van der Waals surface area contributed by atoms with Crippen LogP contribution in [0.4, 0.5) is 20.2 Å². The Morgan fingerprint density at radius 2 is 1.83 bits per heavy atom. The van der Waals surface area contributed by atoms with Gasteiger partial charge in [0, 0.05) is 5.02 Å². The summed E-state index contributed by atoms with van der Waals surface area (Å²) in [5, 5.41) is 11.8. The number of anilines is 2. The summed E-state index contributed by atoms with van der Waals surface area (Å²) in [6, 6.07) is 9.77. The summed E-state index contributed by atoms with van der Waals surface area (Å²) in [4.78, 5) is 0. The summed E-state index contributed by atoms with van der Waals surface area (Å²) in [5.74, 6) is -1.20. The minimum atomic E-state index is -0.662. The van der Waals surface area contributed by atoms with Crippen LogP contribution in [0.2, 0.25) is 5.02 Å². The second kappa shape index (κ2) is 5.03. The molecular formula is C13H7ClF2N2. The molecule has 0 aromatic heterocycles. The molecule has 2 nitrogen and oxygen atoms in total.